The van der Waals surface area contributed by atoms with E-state index in [2.05, 4.69) is 11.8 Å². The number of carbonyl (C=O) groups excluding carboxylic acids is 1. The number of hydrogen-bond donors (Lipinski definition) is 2. The zero-order valence-corrected chi connectivity index (χ0v) is 20.9. The van der Waals surface area contributed by atoms with E-state index in [1.165, 1.54) is 18.4 Å². The number of aromatic hydroxyl groups is 1. The molecule has 2 aliphatic heterocycles. The van der Waals surface area contributed by atoms with Crippen LogP contribution in [-0.2, 0) is 16.6 Å². The number of rotatable bonds is 5. The van der Waals surface area contributed by atoms with Crippen LogP contribution in [-0.4, -0.2) is 69.8 Å². The molecule has 3 heterocycles. The van der Waals surface area contributed by atoms with Crippen LogP contribution < -0.4 is 4.74 Å². The molecule has 36 heavy (non-hydrogen) atoms. The molecule has 7 nitrogen and oxygen atoms in total. The number of amides is 1. The van der Waals surface area contributed by atoms with Crippen molar-refractivity contribution >= 4 is 12.0 Å². The smallest absolute Gasteiger partial charge is 0.246 e. The van der Waals surface area contributed by atoms with Gasteiger partial charge >= 0.3 is 0 Å². The Morgan fingerprint density at radius 2 is 2.14 bits per heavy atom. The molecule has 7 heteroatoms. The molecule has 1 saturated heterocycles. The molecule has 2 N–H and O–H groups in total. The first kappa shape index (κ1) is 22.4. The quantitative estimate of drug-likeness (QED) is 0.626. The first-order chi connectivity index (χ1) is 17.3. The molecule has 3 fully saturated rings. The van der Waals surface area contributed by atoms with E-state index >= 15 is 0 Å². The molecule has 1 aromatic carbocycles. The van der Waals surface area contributed by atoms with Gasteiger partial charge in [0.1, 0.15) is 6.10 Å². The summed E-state index contributed by atoms with van der Waals surface area (Å²) in [6, 6.07) is 5.34. The Labute approximate surface area is 211 Å². The molecule has 1 spiro atoms. The van der Waals surface area contributed by atoms with Crippen molar-refractivity contribution in [3.05, 3.63) is 53.5 Å². The number of likely N-dealkylation sites (N-methyl/N-ethyl adjacent to an activating group) is 1. The molecule has 2 bridgehead atoms. The lowest BCUT2D eigenvalue weighted by atomic mass is 9.46. The Hall–Kier alpha value is -2.77. The maximum absolute atomic E-state index is 13.3. The third kappa shape index (κ3) is 2.90. The largest absolute Gasteiger partial charge is 0.504 e. The molecular formula is C29H34N2O5. The summed E-state index contributed by atoms with van der Waals surface area (Å²) in [5, 5.41) is 23.6. The highest BCUT2D eigenvalue weighted by molar-refractivity contribution is 5.92. The van der Waals surface area contributed by atoms with Gasteiger partial charge in [-0.3, -0.25) is 9.69 Å². The second kappa shape index (κ2) is 7.62. The molecule has 3 unspecified atom stereocenters. The van der Waals surface area contributed by atoms with Gasteiger partial charge in [-0.25, -0.2) is 0 Å². The van der Waals surface area contributed by atoms with Crippen molar-refractivity contribution in [2.24, 2.45) is 11.8 Å². The van der Waals surface area contributed by atoms with Gasteiger partial charge in [0.15, 0.2) is 11.5 Å². The number of hydrogen-bond acceptors (Lipinski definition) is 6. The highest BCUT2D eigenvalue weighted by Gasteiger charge is 2.74. The third-order valence-electron chi connectivity index (χ3n) is 9.84. The molecule has 6 atom stereocenters. The van der Waals surface area contributed by atoms with Crippen LogP contribution in [0.5, 0.6) is 11.5 Å². The predicted octanol–water partition coefficient (Wildman–Crippen LogP) is 3.34. The summed E-state index contributed by atoms with van der Waals surface area (Å²) >= 11 is 0. The molecule has 3 aliphatic carbocycles. The van der Waals surface area contributed by atoms with Crippen molar-refractivity contribution in [2.75, 3.05) is 20.1 Å². The van der Waals surface area contributed by atoms with Gasteiger partial charge in [-0.15, -0.1) is 0 Å². The third-order valence-corrected chi connectivity index (χ3v) is 9.84. The lowest BCUT2D eigenvalue weighted by molar-refractivity contribution is -0.212. The lowest BCUT2D eigenvalue weighted by Crippen LogP contribution is -2.79. The van der Waals surface area contributed by atoms with Crippen LogP contribution in [0.15, 0.2) is 41.2 Å². The van der Waals surface area contributed by atoms with Gasteiger partial charge in [0.25, 0.3) is 0 Å². The highest BCUT2D eigenvalue weighted by atomic mass is 16.5. The summed E-state index contributed by atoms with van der Waals surface area (Å²) in [7, 11) is 1.83. The Balaban J connectivity index is 1.30. The van der Waals surface area contributed by atoms with Crippen molar-refractivity contribution in [1.29, 1.82) is 0 Å². The van der Waals surface area contributed by atoms with E-state index in [0.717, 1.165) is 43.0 Å². The molecule has 1 amide bonds. The molecule has 190 valence electrons. The molecular weight excluding hydrogens is 456 g/mol. The number of phenolic OH excluding ortho intramolecular Hbond substituents is 1. The monoisotopic (exact) mass is 490 g/mol. The van der Waals surface area contributed by atoms with E-state index in [9.17, 15) is 15.0 Å². The van der Waals surface area contributed by atoms with Gasteiger partial charge in [-0.1, -0.05) is 13.0 Å². The number of benzene rings is 1. The first-order valence-corrected chi connectivity index (χ1v) is 13.3. The Kier molecular flexibility index (Phi) is 4.75. The standard InChI is InChI=1S/C29H34N2O5/c1-17-14-29(34)22-13-20-6-7-21(32)26-24(20)28(29,10-11-31(22)15-18-3-4-18)27(36-26)25(17)30(2)23(33)8-5-19-9-12-35-16-19/h5-9,12,16-18,22,25,27,32,34H,3-4,10-11,13-15H2,1-2H3/b8-5+/t17?,22-,25?,27?,28+,29-/m1/s1. The maximum Gasteiger partial charge on any atom is 0.246 e. The normalized spacial score (nSPS) is 36.5. The Morgan fingerprint density at radius 1 is 1.31 bits per heavy atom. The summed E-state index contributed by atoms with van der Waals surface area (Å²) < 4.78 is 11.8. The zero-order valence-electron chi connectivity index (χ0n) is 20.9. The van der Waals surface area contributed by atoms with Crippen molar-refractivity contribution in [1.82, 2.24) is 9.80 Å². The van der Waals surface area contributed by atoms with Crippen molar-refractivity contribution in [3.63, 3.8) is 0 Å². The van der Waals surface area contributed by atoms with Crippen molar-refractivity contribution in [2.45, 2.75) is 68.2 Å². The number of nitrogens with zero attached hydrogens (tertiary/aromatic N) is 2. The first-order valence-electron chi connectivity index (χ1n) is 13.3. The van der Waals surface area contributed by atoms with E-state index in [-0.39, 0.29) is 29.7 Å². The van der Waals surface area contributed by atoms with Gasteiger partial charge in [-0.05, 0) is 74.3 Å². The Bertz CT molecular complexity index is 1240. The van der Waals surface area contributed by atoms with Crippen LogP contribution in [0.4, 0.5) is 0 Å². The summed E-state index contributed by atoms with van der Waals surface area (Å²) in [6.07, 6.45) is 10.8. The molecule has 5 aliphatic rings. The van der Waals surface area contributed by atoms with Gasteiger partial charge in [-0.2, -0.15) is 0 Å². The van der Waals surface area contributed by atoms with Crippen LogP contribution in [0, 0.1) is 11.8 Å². The molecule has 7 rings (SSSR count). The predicted molar refractivity (Wildman–Crippen MR) is 134 cm³/mol. The van der Waals surface area contributed by atoms with Crippen molar-refractivity contribution in [3.8, 4) is 11.5 Å². The number of piperidine rings is 1. The molecule has 1 aromatic heterocycles. The fraction of sp³-hybridized carbons (Fsp3) is 0.552. The molecule has 2 aromatic rings. The van der Waals surface area contributed by atoms with E-state index in [1.807, 2.05) is 19.2 Å². The Morgan fingerprint density at radius 3 is 2.89 bits per heavy atom. The van der Waals surface area contributed by atoms with E-state index in [1.54, 1.807) is 35.6 Å². The van der Waals surface area contributed by atoms with Crippen LogP contribution >= 0.6 is 0 Å². The van der Waals surface area contributed by atoms with E-state index in [4.69, 9.17) is 9.15 Å². The zero-order chi connectivity index (χ0) is 24.8. The SMILES string of the molecule is CC1C[C@@]2(O)[C@H]3Cc4ccc(O)c5c4[C@@]2(CCN3CC2CC2)C(O5)C1N(C)C(=O)/C=C/c1ccoc1. The average molecular weight is 491 g/mol. The highest BCUT2D eigenvalue weighted by Crippen LogP contribution is 2.66. The van der Waals surface area contributed by atoms with Gasteiger partial charge in [0, 0.05) is 36.8 Å². The minimum absolute atomic E-state index is 0.0192. The number of phenols is 1. The van der Waals surface area contributed by atoms with Gasteiger partial charge in [0.05, 0.1) is 29.6 Å². The summed E-state index contributed by atoms with van der Waals surface area (Å²) in [6.45, 7) is 4.07. The van der Waals surface area contributed by atoms with Gasteiger partial charge < -0.3 is 24.3 Å². The average Bonchev–Trinajstić information content (AvgIpc) is 3.36. The fourth-order valence-electron chi connectivity index (χ4n) is 8.12. The van der Waals surface area contributed by atoms with Crippen LogP contribution in [0.2, 0.25) is 0 Å². The number of furan rings is 1. The topological polar surface area (TPSA) is 86.4 Å². The second-order valence-electron chi connectivity index (χ2n) is 11.8. The van der Waals surface area contributed by atoms with Crippen LogP contribution in [0.1, 0.15) is 49.3 Å². The molecule has 2 saturated carbocycles. The minimum atomic E-state index is -0.969. The van der Waals surface area contributed by atoms with Crippen LogP contribution in [0.3, 0.4) is 0 Å². The number of aliphatic hydroxyl groups is 1. The van der Waals surface area contributed by atoms with Gasteiger partial charge in [0.2, 0.25) is 5.91 Å². The number of likely N-dealkylation sites (tertiary alicyclic amines) is 1. The minimum Gasteiger partial charge on any atom is -0.504 e. The maximum atomic E-state index is 13.3. The second-order valence-corrected chi connectivity index (χ2v) is 11.8. The van der Waals surface area contributed by atoms with Crippen molar-refractivity contribution < 1.29 is 24.2 Å². The summed E-state index contributed by atoms with van der Waals surface area (Å²) in [4.78, 5) is 17.6. The molecule has 0 radical (unpaired) electrons. The fourth-order valence-corrected chi connectivity index (χ4v) is 8.12. The van der Waals surface area contributed by atoms with E-state index < -0.39 is 17.1 Å². The van der Waals surface area contributed by atoms with Crippen LogP contribution in [0.25, 0.3) is 6.08 Å². The number of carbonyl (C=O) groups is 1. The lowest BCUT2D eigenvalue weighted by Gasteiger charge is -2.66. The summed E-state index contributed by atoms with van der Waals surface area (Å²) in [5.41, 5.74) is 1.38. The summed E-state index contributed by atoms with van der Waals surface area (Å²) in [5.74, 6) is 1.29. The van der Waals surface area contributed by atoms with E-state index in [0.29, 0.717) is 12.2 Å². The number of ether oxygens (including phenoxy) is 1.